The van der Waals surface area contributed by atoms with Gasteiger partial charge in [-0.2, -0.15) is 0 Å². The van der Waals surface area contributed by atoms with Crippen molar-refractivity contribution in [3.05, 3.63) is 24.3 Å². The maximum absolute atomic E-state index is 12.1. The first-order valence-electron chi connectivity index (χ1n) is 10.3. The number of hydrogen-bond acceptors (Lipinski definition) is 4. The first kappa shape index (κ1) is 21.9. The summed E-state index contributed by atoms with van der Waals surface area (Å²) in [6.45, 7) is 4.37. The van der Waals surface area contributed by atoms with E-state index in [-0.39, 0.29) is 5.91 Å². The number of rotatable bonds is 10. The van der Waals surface area contributed by atoms with Gasteiger partial charge in [-0.3, -0.25) is 9.79 Å². The van der Waals surface area contributed by atoms with Crippen molar-refractivity contribution in [1.29, 1.82) is 0 Å². The lowest BCUT2D eigenvalue weighted by Gasteiger charge is -2.22. The number of nitrogens with zero attached hydrogens (tertiary/aromatic N) is 1. The number of aliphatic imine (C=N–C) groups is 1. The van der Waals surface area contributed by atoms with Gasteiger partial charge >= 0.3 is 0 Å². The minimum Gasteiger partial charge on any atom is -0.497 e. The summed E-state index contributed by atoms with van der Waals surface area (Å²) in [6, 6.07) is 7.84. The fourth-order valence-corrected chi connectivity index (χ4v) is 3.17. The molecule has 7 nitrogen and oxygen atoms in total. The van der Waals surface area contributed by atoms with Crippen molar-refractivity contribution in [2.75, 3.05) is 33.4 Å². The van der Waals surface area contributed by atoms with E-state index >= 15 is 0 Å². The van der Waals surface area contributed by atoms with E-state index in [1.165, 1.54) is 19.3 Å². The van der Waals surface area contributed by atoms with Gasteiger partial charge in [0, 0.05) is 19.0 Å². The highest BCUT2D eigenvalue weighted by Crippen LogP contribution is 2.17. The third-order valence-corrected chi connectivity index (χ3v) is 4.65. The molecule has 0 unspecified atom stereocenters. The van der Waals surface area contributed by atoms with Crippen molar-refractivity contribution < 1.29 is 14.3 Å². The Morgan fingerprint density at radius 3 is 2.50 bits per heavy atom. The molecule has 1 amide bonds. The molecule has 3 N–H and O–H groups in total. The van der Waals surface area contributed by atoms with Crippen molar-refractivity contribution in [2.45, 2.75) is 51.5 Å². The minimum absolute atomic E-state index is 0.0920. The topological polar surface area (TPSA) is 84.0 Å². The van der Waals surface area contributed by atoms with Crippen LogP contribution in [0.2, 0.25) is 0 Å². The van der Waals surface area contributed by atoms with Crippen molar-refractivity contribution in [3.63, 3.8) is 0 Å². The molecule has 0 heterocycles. The lowest BCUT2D eigenvalue weighted by molar-refractivity contribution is -0.121. The number of carbonyl (C=O) groups excluding carboxylic acids is 1. The number of guanidine groups is 1. The predicted octanol–water partition coefficient (Wildman–Crippen LogP) is 2.47. The number of methoxy groups -OCH3 is 1. The third-order valence-electron chi connectivity index (χ3n) is 4.65. The largest absolute Gasteiger partial charge is 0.497 e. The Morgan fingerprint density at radius 2 is 1.82 bits per heavy atom. The zero-order valence-corrected chi connectivity index (χ0v) is 17.1. The van der Waals surface area contributed by atoms with Gasteiger partial charge in [-0.05, 0) is 44.0 Å². The average Bonchev–Trinajstić information content (AvgIpc) is 2.72. The molecule has 0 saturated heterocycles. The molecule has 1 aliphatic carbocycles. The number of amides is 1. The summed E-state index contributed by atoms with van der Waals surface area (Å²) in [5, 5.41) is 9.54. The first-order valence-corrected chi connectivity index (χ1v) is 10.3. The molecule has 7 heteroatoms. The summed E-state index contributed by atoms with van der Waals surface area (Å²) in [4.78, 5) is 16.5. The van der Waals surface area contributed by atoms with E-state index in [0.29, 0.717) is 38.1 Å². The second kappa shape index (κ2) is 12.9. The van der Waals surface area contributed by atoms with Gasteiger partial charge in [0.25, 0.3) is 0 Å². The van der Waals surface area contributed by atoms with Gasteiger partial charge in [0.15, 0.2) is 5.96 Å². The fourth-order valence-electron chi connectivity index (χ4n) is 3.17. The summed E-state index contributed by atoms with van der Waals surface area (Å²) < 4.78 is 10.8. The van der Waals surface area contributed by atoms with Gasteiger partial charge < -0.3 is 25.4 Å². The molecule has 0 radical (unpaired) electrons. The van der Waals surface area contributed by atoms with Crippen molar-refractivity contribution in [2.24, 2.45) is 4.99 Å². The molecule has 0 aromatic heterocycles. The van der Waals surface area contributed by atoms with Crippen LogP contribution in [-0.2, 0) is 4.79 Å². The van der Waals surface area contributed by atoms with E-state index in [1.807, 2.05) is 31.2 Å². The van der Waals surface area contributed by atoms with Gasteiger partial charge in [-0.1, -0.05) is 19.3 Å². The smallest absolute Gasteiger partial charge is 0.222 e. The van der Waals surface area contributed by atoms with Crippen LogP contribution in [0.3, 0.4) is 0 Å². The zero-order valence-electron chi connectivity index (χ0n) is 17.1. The fraction of sp³-hybridized carbons (Fsp3) is 0.619. The molecule has 1 aromatic rings. The van der Waals surface area contributed by atoms with E-state index in [9.17, 15) is 4.79 Å². The van der Waals surface area contributed by atoms with Crippen LogP contribution in [-0.4, -0.2) is 51.3 Å². The van der Waals surface area contributed by atoms with Crippen LogP contribution in [0.25, 0.3) is 0 Å². The highest BCUT2D eigenvalue weighted by molar-refractivity contribution is 5.80. The molecular formula is C21H34N4O3. The van der Waals surface area contributed by atoms with E-state index in [0.717, 1.165) is 30.9 Å². The van der Waals surface area contributed by atoms with Crippen LogP contribution in [0.4, 0.5) is 0 Å². The average molecular weight is 391 g/mol. The van der Waals surface area contributed by atoms with E-state index < -0.39 is 0 Å². The Balaban J connectivity index is 1.65. The van der Waals surface area contributed by atoms with Gasteiger partial charge in [-0.15, -0.1) is 0 Å². The number of ether oxygens (including phenoxy) is 2. The summed E-state index contributed by atoms with van der Waals surface area (Å²) in [5.74, 6) is 2.39. The van der Waals surface area contributed by atoms with E-state index in [2.05, 4.69) is 20.9 Å². The van der Waals surface area contributed by atoms with Crippen LogP contribution >= 0.6 is 0 Å². The molecule has 1 fully saturated rings. The first-order chi connectivity index (χ1) is 13.7. The molecule has 1 aromatic carbocycles. The highest BCUT2D eigenvalue weighted by Gasteiger charge is 2.15. The van der Waals surface area contributed by atoms with Crippen molar-refractivity contribution in [1.82, 2.24) is 16.0 Å². The standard InChI is InChI=1S/C21H34N4O3/c1-3-22-21(23-14-13-20(26)25-17-7-5-4-6-8-17)24-15-16-28-19-11-9-18(27-2)10-12-19/h9-12,17H,3-8,13-16H2,1-2H3,(H,25,26)(H2,22,23,24). The summed E-state index contributed by atoms with van der Waals surface area (Å²) >= 11 is 0. The molecule has 1 aliphatic rings. The Bertz CT molecular complexity index is 598. The van der Waals surface area contributed by atoms with Crippen LogP contribution in [0, 0.1) is 0 Å². The lowest BCUT2D eigenvalue weighted by atomic mass is 9.95. The molecular weight excluding hydrogens is 356 g/mol. The van der Waals surface area contributed by atoms with Gasteiger partial charge in [0.05, 0.1) is 20.2 Å². The maximum atomic E-state index is 12.1. The second-order valence-corrected chi connectivity index (χ2v) is 6.86. The third kappa shape index (κ3) is 8.50. The quantitative estimate of drug-likeness (QED) is 0.325. The second-order valence-electron chi connectivity index (χ2n) is 6.86. The predicted molar refractivity (Wildman–Crippen MR) is 112 cm³/mol. The normalized spacial score (nSPS) is 15.0. The van der Waals surface area contributed by atoms with Crippen molar-refractivity contribution >= 4 is 11.9 Å². The molecule has 2 rings (SSSR count). The molecule has 0 spiro atoms. The Kier molecular flexibility index (Phi) is 10.0. The zero-order chi connectivity index (χ0) is 20.0. The number of nitrogens with one attached hydrogen (secondary N) is 3. The van der Waals surface area contributed by atoms with Gasteiger partial charge in [-0.25, -0.2) is 0 Å². The van der Waals surface area contributed by atoms with Gasteiger partial charge in [0.2, 0.25) is 5.91 Å². The molecule has 0 atom stereocenters. The van der Waals surface area contributed by atoms with Gasteiger partial charge in [0.1, 0.15) is 18.1 Å². The monoisotopic (exact) mass is 390 g/mol. The van der Waals surface area contributed by atoms with Crippen LogP contribution < -0.4 is 25.4 Å². The Morgan fingerprint density at radius 1 is 1.11 bits per heavy atom. The number of carbonyl (C=O) groups is 1. The molecule has 28 heavy (non-hydrogen) atoms. The van der Waals surface area contributed by atoms with Crippen LogP contribution in [0.5, 0.6) is 11.5 Å². The molecule has 0 bridgehead atoms. The Hall–Kier alpha value is -2.44. The highest BCUT2D eigenvalue weighted by atomic mass is 16.5. The molecule has 0 aliphatic heterocycles. The summed E-state index contributed by atoms with van der Waals surface area (Å²) in [5.41, 5.74) is 0. The number of hydrogen-bond donors (Lipinski definition) is 3. The maximum Gasteiger partial charge on any atom is 0.222 e. The summed E-state index contributed by atoms with van der Waals surface area (Å²) in [6.07, 6.45) is 6.35. The van der Waals surface area contributed by atoms with E-state index in [4.69, 9.17) is 9.47 Å². The SMILES string of the molecule is CCNC(=NCCC(=O)NC1CCCCC1)NCCOc1ccc(OC)cc1. The summed E-state index contributed by atoms with van der Waals surface area (Å²) in [7, 11) is 1.64. The van der Waals surface area contributed by atoms with Crippen LogP contribution in [0.15, 0.2) is 29.3 Å². The van der Waals surface area contributed by atoms with Crippen LogP contribution in [0.1, 0.15) is 45.4 Å². The van der Waals surface area contributed by atoms with Crippen molar-refractivity contribution in [3.8, 4) is 11.5 Å². The molecule has 156 valence electrons. The molecule has 1 saturated carbocycles. The minimum atomic E-state index is 0.0920. The lowest BCUT2D eigenvalue weighted by Crippen LogP contribution is -2.40. The number of benzene rings is 1. The van der Waals surface area contributed by atoms with E-state index in [1.54, 1.807) is 7.11 Å². The Labute approximate surface area is 168 Å².